The maximum Gasteiger partial charge on any atom is 0.208 e. The molecule has 1 saturated heterocycles. The van der Waals surface area contributed by atoms with Crippen molar-refractivity contribution in [3.8, 4) is 0 Å². The summed E-state index contributed by atoms with van der Waals surface area (Å²) in [6, 6.07) is 0. The molecule has 0 unspecified atom stereocenters. The standard InChI is InChI=1S/C12H21N3O2/c1-2-11-9-14-12(17-11)10-13-3-4-15-5-7-16-8-6-15/h9,13H,2-8,10H2,1H3. The maximum absolute atomic E-state index is 5.52. The molecule has 1 aromatic heterocycles. The van der Waals surface area contributed by atoms with E-state index >= 15 is 0 Å². The monoisotopic (exact) mass is 239 g/mol. The van der Waals surface area contributed by atoms with Crippen molar-refractivity contribution >= 4 is 0 Å². The first-order valence-electron chi connectivity index (χ1n) is 6.33. The molecular weight excluding hydrogens is 218 g/mol. The summed E-state index contributed by atoms with van der Waals surface area (Å²) in [5.41, 5.74) is 0. The van der Waals surface area contributed by atoms with E-state index in [1.807, 2.05) is 0 Å². The van der Waals surface area contributed by atoms with Crippen LogP contribution < -0.4 is 5.32 Å². The van der Waals surface area contributed by atoms with Crippen LogP contribution in [0, 0.1) is 0 Å². The number of ether oxygens (including phenoxy) is 1. The number of morpholine rings is 1. The van der Waals surface area contributed by atoms with E-state index in [9.17, 15) is 0 Å². The average molecular weight is 239 g/mol. The first-order valence-corrected chi connectivity index (χ1v) is 6.33. The van der Waals surface area contributed by atoms with E-state index in [0.717, 1.165) is 57.5 Å². The van der Waals surface area contributed by atoms with Crippen molar-refractivity contribution in [3.63, 3.8) is 0 Å². The first kappa shape index (κ1) is 12.5. The van der Waals surface area contributed by atoms with Crippen LogP contribution >= 0.6 is 0 Å². The number of nitrogens with zero attached hydrogens (tertiary/aromatic N) is 2. The van der Waals surface area contributed by atoms with Gasteiger partial charge in [0.25, 0.3) is 0 Å². The quantitative estimate of drug-likeness (QED) is 0.739. The number of aromatic nitrogens is 1. The molecule has 1 aromatic rings. The minimum Gasteiger partial charge on any atom is -0.444 e. The molecule has 2 rings (SSSR count). The van der Waals surface area contributed by atoms with Gasteiger partial charge in [-0.05, 0) is 0 Å². The zero-order valence-electron chi connectivity index (χ0n) is 10.4. The van der Waals surface area contributed by atoms with E-state index in [2.05, 4.69) is 22.1 Å². The number of oxazole rings is 1. The number of hydrogen-bond acceptors (Lipinski definition) is 5. The smallest absolute Gasteiger partial charge is 0.208 e. The Morgan fingerprint density at radius 2 is 2.24 bits per heavy atom. The Labute approximate surface area is 102 Å². The van der Waals surface area contributed by atoms with E-state index in [-0.39, 0.29) is 0 Å². The van der Waals surface area contributed by atoms with Crippen molar-refractivity contribution in [3.05, 3.63) is 17.8 Å². The van der Waals surface area contributed by atoms with Crippen LogP contribution in [0.1, 0.15) is 18.6 Å². The van der Waals surface area contributed by atoms with Crippen molar-refractivity contribution in [2.75, 3.05) is 39.4 Å². The van der Waals surface area contributed by atoms with Crippen molar-refractivity contribution in [1.82, 2.24) is 15.2 Å². The first-order chi connectivity index (χ1) is 8.38. The molecule has 1 aliphatic heterocycles. The van der Waals surface area contributed by atoms with Gasteiger partial charge in [-0.1, -0.05) is 6.92 Å². The van der Waals surface area contributed by atoms with Gasteiger partial charge < -0.3 is 14.5 Å². The predicted octanol–water partition coefficient (Wildman–Crippen LogP) is 0.659. The Hall–Kier alpha value is -0.910. The maximum atomic E-state index is 5.52. The Morgan fingerprint density at radius 1 is 1.41 bits per heavy atom. The second kappa shape index (κ2) is 6.74. The summed E-state index contributed by atoms with van der Waals surface area (Å²) in [7, 11) is 0. The fourth-order valence-corrected chi connectivity index (χ4v) is 1.85. The topological polar surface area (TPSA) is 50.5 Å². The Balaban J connectivity index is 1.59. The molecule has 1 aliphatic rings. The fourth-order valence-electron chi connectivity index (χ4n) is 1.85. The second-order valence-corrected chi connectivity index (χ2v) is 4.20. The minimum atomic E-state index is 0.713. The zero-order chi connectivity index (χ0) is 11.9. The molecule has 0 bridgehead atoms. The lowest BCUT2D eigenvalue weighted by Crippen LogP contribution is -2.40. The second-order valence-electron chi connectivity index (χ2n) is 4.20. The molecule has 0 aromatic carbocycles. The van der Waals surface area contributed by atoms with Crippen molar-refractivity contribution in [2.24, 2.45) is 0 Å². The Kier molecular flexibility index (Phi) is 4.97. The van der Waals surface area contributed by atoms with E-state index in [0.29, 0.717) is 6.54 Å². The lowest BCUT2D eigenvalue weighted by atomic mass is 10.4. The van der Waals surface area contributed by atoms with E-state index in [4.69, 9.17) is 9.15 Å². The van der Waals surface area contributed by atoms with Gasteiger partial charge in [0, 0.05) is 32.6 Å². The SMILES string of the molecule is CCc1cnc(CNCCN2CCOCC2)o1. The summed E-state index contributed by atoms with van der Waals surface area (Å²) in [5.74, 6) is 1.74. The lowest BCUT2D eigenvalue weighted by Gasteiger charge is -2.26. The van der Waals surface area contributed by atoms with Crippen molar-refractivity contribution < 1.29 is 9.15 Å². The van der Waals surface area contributed by atoms with E-state index in [1.165, 1.54) is 0 Å². The molecule has 1 fully saturated rings. The molecule has 0 saturated carbocycles. The number of hydrogen-bond donors (Lipinski definition) is 1. The lowest BCUT2D eigenvalue weighted by molar-refractivity contribution is 0.0383. The third-order valence-electron chi connectivity index (χ3n) is 2.93. The summed E-state index contributed by atoms with van der Waals surface area (Å²) in [4.78, 5) is 6.61. The van der Waals surface area contributed by atoms with Crippen molar-refractivity contribution in [1.29, 1.82) is 0 Å². The number of nitrogens with one attached hydrogen (secondary N) is 1. The molecule has 1 N–H and O–H groups in total. The molecule has 2 heterocycles. The van der Waals surface area contributed by atoms with Crippen LogP contribution in [0.3, 0.4) is 0 Å². The molecule has 5 heteroatoms. The van der Waals surface area contributed by atoms with Crippen LogP contribution in [-0.2, 0) is 17.7 Å². The van der Waals surface area contributed by atoms with Crippen LogP contribution in [0.2, 0.25) is 0 Å². The normalized spacial score (nSPS) is 17.5. The molecule has 0 atom stereocenters. The summed E-state index contributed by atoms with van der Waals surface area (Å²) in [6.45, 7) is 8.61. The summed E-state index contributed by atoms with van der Waals surface area (Å²) in [6.07, 6.45) is 2.71. The number of aryl methyl sites for hydroxylation is 1. The van der Waals surface area contributed by atoms with Gasteiger partial charge in [-0.15, -0.1) is 0 Å². The van der Waals surface area contributed by atoms with Crippen LogP contribution in [0.15, 0.2) is 10.6 Å². The number of rotatable bonds is 6. The highest BCUT2D eigenvalue weighted by Gasteiger charge is 2.09. The van der Waals surface area contributed by atoms with Crippen molar-refractivity contribution in [2.45, 2.75) is 19.9 Å². The van der Waals surface area contributed by atoms with Gasteiger partial charge in [-0.25, -0.2) is 4.98 Å². The molecule has 0 aliphatic carbocycles. The van der Waals surface area contributed by atoms with Crippen LogP contribution in [0.25, 0.3) is 0 Å². The van der Waals surface area contributed by atoms with Gasteiger partial charge in [-0.2, -0.15) is 0 Å². The molecule has 5 nitrogen and oxygen atoms in total. The Bertz CT molecular complexity index is 321. The van der Waals surface area contributed by atoms with Gasteiger partial charge >= 0.3 is 0 Å². The molecule has 17 heavy (non-hydrogen) atoms. The van der Waals surface area contributed by atoms with Gasteiger partial charge in [0.15, 0.2) is 0 Å². The van der Waals surface area contributed by atoms with Gasteiger partial charge in [0.05, 0.1) is 26.0 Å². The van der Waals surface area contributed by atoms with Gasteiger partial charge in [0.1, 0.15) is 5.76 Å². The molecular formula is C12H21N3O2. The molecule has 0 spiro atoms. The van der Waals surface area contributed by atoms with E-state index < -0.39 is 0 Å². The predicted molar refractivity (Wildman–Crippen MR) is 64.8 cm³/mol. The van der Waals surface area contributed by atoms with E-state index in [1.54, 1.807) is 6.20 Å². The summed E-state index contributed by atoms with van der Waals surface area (Å²) >= 11 is 0. The third-order valence-corrected chi connectivity index (χ3v) is 2.93. The zero-order valence-corrected chi connectivity index (χ0v) is 10.4. The van der Waals surface area contributed by atoms with Crippen LogP contribution in [0.5, 0.6) is 0 Å². The highest BCUT2D eigenvalue weighted by molar-refractivity contribution is 4.93. The Morgan fingerprint density at radius 3 is 2.94 bits per heavy atom. The molecule has 0 amide bonds. The summed E-state index contributed by atoms with van der Waals surface area (Å²) in [5, 5.41) is 3.35. The molecule has 96 valence electrons. The van der Waals surface area contributed by atoms with Crippen LogP contribution in [0.4, 0.5) is 0 Å². The highest BCUT2D eigenvalue weighted by Crippen LogP contribution is 2.03. The van der Waals surface area contributed by atoms with Gasteiger partial charge in [-0.3, -0.25) is 4.90 Å². The fraction of sp³-hybridized carbons (Fsp3) is 0.750. The van der Waals surface area contributed by atoms with Gasteiger partial charge in [0.2, 0.25) is 5.89 Å². The third kappa shape index (κ3) is 4.11. The minimum absolute atomic E-state index is 0.713. The largest absolute Gasteiger partial charge is 0.444 e. The summed E-state index contributed by atoms with van der Waals surface area (Å²) < 4.78 is 10.8. The van der Waals surface area contributed by atoms with Crippen LogP contribution in [-0.4, -0.2) is 49.3 Å². The average Bonchev–Trinajstić information content (AvgIpc) is 2.84. The highest BCUT2D eigenvalue weighted by atomic mass is 16.5. The molecule has 0 radical (unpaired) electrons.